The molecule has 0 N–H and O–H groups in total. The van der Waals surface area contributed by atoms with Crippen LogP contribution in [-0.2, 0) is 0 Å². The molecule has 0 saturated heterocycles. The topological polar surface area (TPSA) is 52.6 Å². The van der Waals surface area contributed by atoms with Crippen LogP contribution >= 0.6 is 0 Å². The van der Waals surface area contributed by atoms with Crippen LogP contribution in [0.3, 0.4) is 0 Å². The normalized spacial score (nSPS) is 16.5. The molecule has 0 aromatic heterocycles. The first-order valence-electron chi connectivity index (χ1n) is 10.2. The van der Waals surface area contributed by atoms with Crippen molar-refractivity contribution in [1.29, 1.82) is 0 Å². The van der Waals surface area contributed by atoms with Gasteiger partial charge in [-0.05, 0) is 53.6 Å². The molecule has 1 aliphatic heterocycles. The number of hydrogen-bond acceptors (Lipinski definition) is 4. The van der Waals surface area contributed by atoms with E-state index in [0.717, 1.165) is 11.1 Å². The van der Waals surface area contributed by atoms with Crippen LogP contribution in [0, 0.1) is 0 Å². The molecule has 3 aromatic carbocycles. The van der Waals surface area contributed by atoms with Gasteiger partial charge in [-0.25, -0.2) is 0 Å². The average molecular weight is 410 g/mol. The summed E-state index contributed by atoms with van der Waals surface area (Å²) in [5.74, 6) is 1.09. The van der Waals surface area contributed by atoms with Gasteiger partial charge in [0.2, 0.25) is 0 Å². The Morgan fingerprint density at radius 3 is 1.55 bits per heavy atom. The molecule has 6 bridgehead atoms. The Morgan fingerprint density at radius 1 is 0.548 bits per heavy atom. The lowest BCUT2D eigenvalue weighted by atomic mass is 10.1. The predicted molar refractivity (Wildman–Crippen MR) is 122 cm³/mol. The molecule has 1 heterocycles. The quantitative estimate of drug-likeness (QED) is 0.481. The van der Waals surface area contributed by atoms with E-state index in [0.29, 0.717) is 42.3 Å². The van der Waals surface area contributed by atoms with Crippen molar-refractivity contribution in [1.82, 2.24) is 0 Å². The molecule has 0 unspecified atom stereocenters. The highest BCUT2D eigenvalue weighted by atomic mass is 16.5. The summed E-state index contributed by atoms with van der Waals surface area (Å²) in [6.45, 7) is 0.920. The molecule has 0 spiro atoms. The van der Waals surface area contributed by atoms with Crippen LogP contribution in [0.4, 0.5) is 0 Å². The van der Waals surface area contributed by atoms with Crippen molar-refractivity contribution in [2.45, 2.75) is 6.42 Å². The standard InChI is InChI=1S/C27H22O4/c28-26-13-11-20-5-1-6-21(17-20)12-14-27(29)23-8-3-10-25(19-23)31-16-4-15-30-24-9-2-7-22(26)18-24/h1-3,5-14,17-19H,4,15-16H2/b13-11+,14-12+. The second-order valence-electron chi connectivity index (χ2n) is 7.17. The highest BCUT2D eigenvalue weighted by Gasteiger charge is 2.06. The molecule has 154 valence electrons. The summed E-state index contributed by atoms with van der Waals surface area (Å²) in [5.41, 5.74) is 2.89. The Labute approximate surface area is 181 Å². The maximum Gasteiger partial charge on any atom is 0.185 e. The number of ketones is 2. The fraction of sp³-hybridized carbons (Fsp3) is 0.111. The first-order valence-corrected chi connectivity index (χ1v) is 10.2. The van der Waals surface area contributed by atoms with Gasteiger partial charge in [0.05, 0.1) is 13.2 Å². The zero-order valence-electron chi connectivity index (χ0n) is 17.0. The number of hydrogen-bond donors (Lipinski definition) is 0. The molecule has 0 saturated carbocycles. The van der Waals surface area contributed by atoms with Crippen molar-refractivity contribution in [2.24, 2.45) is 0 Å². The first kappa shape index (κ1) is 20.4. The van der Waals surface area contributed by atoms with Crippen molar-refractivity contribution < 1.29 is 19.1 Å². The van der Waals surface area contributed by atoms with Crippen molar-refractivity contribution >= 4 is 23.7 Å². The fourth-order valence-electron chi connectivity index (χ4n) is 3.22. The SMILES string of the molecule is O=C1/C=C/c2cccc(c2)/C=C/C(=O)c2cccc(c2)OCCCOc2cccc1c2. The second kappa shape index (κ2) is 9.72. The Kier molecular flexibility index (Phi) is 6.38. The van der Waals surface area contributed by atoms with Gasteiger partial charge in [0.1, 0.15) is 11.5 Å². The van der Waals surface area contributed by atoms with Gasteiger partial charge in [0.25, 0.3) is 0 Å². The monoisotopic (exact) mass is 410 g/mol. The molecule has 0 radical (unpaired) electrons. The number of allylic oxidation sites excluding steroid dienone is 2. The van der Waals surface area contributed by atoms with Crippen molar-refractivity contribution in [3.8, 4) is 11.5 Å². The van der Waals surface area contributed by atoms with Gasteiger partial charge in [-0.1, -0.05) is 54.6 Å². The molecule has 0 atom stereocenters. The third-order valence-corrected chi connectivity index (χ3v) is 4.83. The van der Waals surface area contributed by atoms with E-state index in [4.69, 9.17) is 9.47 Å². The summed E-state index contributed by atoms with van der Waals surface area (Å²) in [6, 6.07) is 22.0. The summed E-state index contributed by atoms with van der Waals surface area (Å²) in [7, 11) is 0. The smallest absolute Gasteiger partial charge is 0.185 e. The molecular formula is C27H22O4. The van der Waals surface area contributed by atoms with Gasteiger partial charge in [-0.2, -0.15) is 0 Å². The second-order valence-corrected chi connectivity index (χ2v) is 7.17. The average Bonchev–Trinajstić information content (AvgIpc) is 2.81. The Hall–Kier alpha value is -3.92. The molecule has 31 heavy (non-hydrogen) atoms. The van der Waals surface area contributed by atoms with E-state index in [1.807, 2.05) is 48.5 Å². The third-order valence-electron chi connectivity index (χ3n) is 4.83. The minimum atomic E-state index is -0.0993. The molecule has 4 heteroatoms. The lowest BCUT2D eigenvalue weighted by Gasteiger charge is -2.09. The van der Waals surface area contributed by atoms with Crippen molar-refractivity contribution in [3.05, 3.63) is 107 Å². The summed E-state index contributed by atoms with van der Waals surface area (Å²) < 4.78 is 11.5. The third kappa shape index (κ3) is 5.58. The van der Waals surface area contributed by atoms with Gasteiger partial charge in [-0.15, -0.1) is 0 Å². The number of ether oxygens (including phenoxy) is 2. The summed E-state index contributed by atoms with van der Waals surface area (Å²) in [6.07, 6.45) is 7.31. The molecule has 0 fully saturated rings. The Balaban J connectivity index is 1.64. The minimum Gasteiger partial charge on any atom is -0.493 e. The van der Waals surface area contributed by atoms with E-state index < -0.39 is 0 Å². The largest absolute Gasteiger partial charge is 0.493 e. The van der Waals surface area contributed by atoms with Gasteiger partial charge < -0.3 is 9.47 Å². The van der Waals surface area contributed by atoms with Gasteiger partial charge in [0, 0.05) is 17.5 Å². The summed E-state index contributed by atoms with van der Waals surface area (Å²) in [5, 5.41) is 0. The minimum absolute atomic E-state index is 0.0993. The van der Waals surface area contributed by atoms with Crippen molar-refractivity contribution in [3.63, 3.8) is 0 Å². The number of rotatable bonds is 0. The lowest BCUT2D eigenvalue weighted by Crippen LogP contribution is -2.06. The molecule has 4 nitrogen and oxygen atoms in total. The van der Waals surface area contributed by atoms with E-state index in [1.165, 1.54) is 0 Å². The Bertz CT molecular complexity index is 1070. The number of benzene rings is 3. The van der Waals surface area contributed by atoms with Crippen LogP contribution in [0.2, 0.25) is 0 Å². The zero-order chi connectivity index (χ0) is 21.5. The number of carbonyl (C=O) groups excluding carboxylic acids is 2. The van der Waals surface area contributed by atoms with Crippen molar-refractivity contribution in [2.75, 3.05) is 13.2 Å². The molecule has 4 rings (SSSR count). The molecular weight excluding hydrogens is 388 g/mol. The van der Waals surface area contributed by atoms with E-state index in [9.17, 15) is 9.59 Å². The van der Waals surface area contributed by atoms with E-state index in [-0.39, 0.29) is 11.6 Å². The molecule has 1 aliphatic rings. The van der Waals surface area contributed by atoms with Crippen LogP contribution < -0.4 is 9.47 Å². The summed E-state index contributed by atoms with van der Waals surface area (Å²) >= 11 is 0. The van der Waals surface area contributed by atoms with Crippen LogP contribution in [0.1, 0.15) is 38.3 Å². The lowest BCUT2D eigenvalue weighted by molar-refractivity contribution is 0.103. The fourth-order valence-corrected chi connectivity index (χ4v) is 3.22. The zero-order valence-corrected chi connectivity index (χ0v) is 17.0. The van der Waals surface area contributed by atoms with Crippen LogP contribution in [-0.4, -0.2) is 24.8 Å². The summed E-state index contributed by atoms with van der Waals surface area (Å²) in [4.78, 5) is 25.1. The Morgan fingerprint density at radius 2 is 1.03 bits per heavy atom. The van der Waals surface area contributed by atoms with Crippen LogP contribution in [0.15, 0.2) is 84.9 Å². The maximum absolute atomic E-state index is 12.6. The first-order chi connectivity index (χ1) is 15.2. The highest BCUT2D eigenvalue weighted by Crippen LogP contribution is 2.18. The van der Waals surface area contributed by atoms with Gasteiger partial charge >= 0.3 is 0 Å². The maximum atomic E-state index is 12.6. The predicted octanol–water partition coefficient (Wildman–Crippen LogP) is 5.64. The van der Waals surface area contributed by atoms with Gasteiger partial charge in [-0.3, -0.25) is 9.59 Å². The van der Waals surface area contributed by atoms with E-state index in [2.05, 4.69) is 0 Å². The highest BCUT2D eigenvalue weighted by molar-refractivity contribution is 6.07. The van der Waals surface area contributed by atoms with E-state index in [1.54, 1.807) is 48.6 Å². The molecule has 0 amide bonds. The molecule has 0 aliphatic carbocycles. The number of carbonyl (C=O) groups is 2. The molecule has 3 aromatic rings. The van der Waals surface area contributed by atoms with Crippen LogP contribution in [0.5, 0.6) is 11.5 Å². The van der Waals surface area contributed by atoms with E-state index >= 15 is 0 Å². The van der Waals surface area contributed by atoms with Crippen LogP contribution in [0.25, 0.3) is 12.2 Å². The number of fused-ring (bicyclic) bond motifs is 6. The van der Waals surface area contributed by atoms with Gasteiger partial charge in [0.15, 0.2) is 11.6 Å².